The third kappa shape index (κ3) is 2.32. The van der Waals surface area contributed by atoms with Crippen LogP contribution < -0.4 is 4.72 Å². The van der Waals surface area contributed by atoms with Gasteiger partial charge in [-0.25, -0.2) is 4.98 Å². The first kappa shape index (κ1) is 12.5. The Morgan fingerprint density at radius 3 is 2.55 bits per heavy atom. The number of fused-ring (bicyclic) bond motifs is 1. The highest BCUT2D eigenvalue weighted by molar-refractivity contribution is 7.92. The number of hydrogen-bond donors (Lipinski definition) is 2. The SMILES string of the molecule is Cc1ncc(S(=O)(=O)Nc2ccc3nccnc3c2)[nH]1. The van der Waals surface area contributed by atoms with Crippen LogP contribution in [0.25, 0.3) is 11.0 Å². The summed E-state index contributed by atoms with van der Waals surface area (Å²) in [4.78, 5) is 14.8. The van der Waals surface area contributed by atoms with Gasteiger partial charge in [0, 0.05) is 12.4 Å². The van der Waals surface area contributed by atoms with Crippen molar-refractivity contribution < 1.29 is 8.42 Å². The third-order valence-corrected chi connectivity index (χ3v) is 3.98. The van der Waals surface area contributed by atoms with E-state index in [1.54, 1.807) is 37.5 Å². The van der Waals surface area contributed by atoms with Gasteiger partial charge < -0.3 is 4.98 Å². The smallest absolute Gasteiger partial charge is 0.278 e. The lowest BCUT2D eigenvalue weighted by Crippen LogP contribution is -2.13. The summed E-state index contributed by atoms with van der Waals surface area (Å²) in [7, 11) is -3.68. The van der Waals surface area contributed by atoms with Crippen LogP contribution in [-0.2, 0) is 10.0 Å². The molecule has 0 saturated heterocycles. The number of imidazole rings is 1. The molecule has 2 aromatic heterocycles. The highest BCUT2D eigenvalue weighted by atomic mass is 32.2. The van der Waals surface area contributed by atoms with E-state index in [9.17, 15) is 8.42 Å². The van der Waals surface area contributed by atoms with Gasteiger partial charge in [0.25, 0.3) is 10.0 Å². The van der Waals surface area contributed by atoms with E-state index in [-0.39, 0.29) is 5.03 Å². The number of anilines is 1. The maximum Gasteiger partial charge on any atom is 0.278 e. The molecule has 0 unspecified atom stereocenters. The number of aromatic amines is 1. The second-order valence-corrected chi connectivity index (χ2v) is 5.85. The van der Waals surface area contributed by atoms with Gasteiger partial charge >= 0.3 is 0 Å². The Bertz CT molecular complexity index is 872. The number of sulfonamides is 1. The molecule has 20 heavy (non-hydrogen) atoms. The first-order valence-electron chi connectivity index (χ1n) is 5.80. The number of hydrogen-bond acceptors (Lipinski definition) is 5. The van der Waals surface area contributed by atoms with Gasteiger partial charge in [0.05, 0.1) is 22.9 Å². The van der Waals surface area contributed by atoms with E-state index in [0.29, 0.717) is 22.5 Å². The summed E-state index contributed by atoms with van der Waals surface area (Å²) >= 11 is 0. The summed E-state index contributed by atoms with van der Waals surface area (Å²) in [6.07, 6.45) is 4.41. The van der Waals surface area contributed by atoms with Gasteiger partial charge in [-0.3, -0.25) is 14.7 Å². The molecule has 3 rings (SSSR count). The molecule has 8 heteroatoms. The minimum absolute atomic E-state index is 0.0224. The van der Waals surface area contributed by atoms with Gasteiger partial charge in [0.2, 0.25) is 0 Å². The molecule has 0 saturated carbocycles. The van der Waals surface area contributed by atoms with Crippen molar-refractivity contribution in [2.45, 2.75) is 11.9 Å². The fourth-order valence-electron chi connectivity index (χ4n) is 1.77. The van der Waals surface area contributed by atoms with E-state index in [0.717, 1.165) is 0 Å². The number of nitrogens with one attached hydrogen (secondary N) is 2. The number of H-pyrrole nitrogens is 1. The quantitative estimate of drug-likeness (QED) is 0.760. The maximum absolute atomic E-state index is 12.1. The molecule has 0 aliphatic carbocycles. The van der Waals surface area contributed by atoms with Gasteiger partial charge in [-0.2, -0.15) is 8.42 Å². The van der Waals surface area contributed by atoms with Crippen LogP contribution >= 0.6 is 0 Å². The summed E-state index contributed by atoms with van der Waals surface area (Å²) in [6, 6.07) is 4.97. The molecule has 2 N–H and O–H groups in total. The zero-order valence-corrected chi connectivity index (χ0v) is 11.3. The normalized spacial score (nSPS) is 11.7. The monoisotopic (exact) mass is 289 g/mol. The Labute approximate surface area is 115 Å². The predicted octanol–water partition coefficient (Wildman–Crippen LogP) is 1.46. The lowest BCUT2D eigenvalue weighted by atomic mass is 10.3. The molecule has 0 aliphatic rings. The van der Waals surface area contributed by atoms with Gasteiger partial charge in [-0.15, -0.1) is 0 Å². The number of rotatable bonds is 3. The Morgan fingerprint density at radius 2 is 1.85 bits per heavy atom. The second-order valence-electron chi connectivity index (χ2n) is 4.20. The van der Waals surface area contributed by atoms with E-state index in [4.69, 9.17) is 0 Å². The molecule has 0 atom stereocenters. The maximum atomic E-state index is 12.1. The van der Waals surface area contributed by atoms with E-state index < -0.39 is 10.0 Å². The standard InChI is InChI=1S/C12H11N5O2S/c1-8-15-7-12(16-8)20(18,19)17-9-2-3-10-11(6-9)14-5-4-13-10/h2-7,17H,1H3,(H,15,16). The summed E-state index contributed by atoms with van der Waals surface area (Å²) in [5.41, 5.74) is 1.74. The largest absolute Gasteiger partial charge is 0.332 e. The highest BCUT2D eigenvalue weighted by Gasteiger charge is 2.16. The summed E-state index contributed by atoms with van der Waals surface area (Å²) in [5, 5.41) is 0.0224. The van der Waals surface area contributed by atoms with Crippen molar-refractivity contribution >= 4 is 26.7 Å². The lowest BCUT2D eigenvalue weighted by Gasteiger charge is -2.06. The number of aromatic nitrogens is 4. The Balaban J connectivity index is 1.96. The number of nitrogens with zero attached hydrogens (tertiary/aromatic N) is 3. The van der Waals surface area contributed by atoms with Gasteiger partial charge in [0.1, 0.15) is 5.82 Å². The van der Waals surface area contributed by atoms with E-state index in [1.165, 1.54) is 6.20 Å². The summed E-state index contributed by atoms with van der Waals surface area (Å²) in [5.74, 6) is 0.537. The topological polar surface area (TPSA) is 101 Å². The molecule has 0 bridgehead atoms. The van der Waals surface area contributed by atoms with Crippen molar-refractivity contribution in [3.63, 3.8) is 0 Å². The van der Waals surface area contributed by atoms with Crippen LogP contribution in [0.1, 0.15) is 5.82 Å². The summed E-state index contributed by atoms with van der Waals surface area (Å²) < 4.78 is 26.7. The van der Waals surface area contributed by atoms with Crippen LogP contribution in [0.15, 0.2) is 41.8 Å². The van der Waals surface area contributed by atoms with E-state index in [2.05, 4.69) is 24.7 Å². The molecule has 102 valence electrons. The Kier molecular flexibility index (Phi) is 2.87. The first-order chi connectivity index (χ1) is 9.54. The molecule has 0 spiro atoms. The zero-order chi connectivity index (χ0) is 14.2. The van der Waals surface area contributed by atoms with E-state index >= 15 is 0 Å². The fraction of sp³-hybridized carbons (Fsp3) is 0.0833. The third-order valence-electron chi connectivity index (χ3n) is 2.69. The molecular weight excluding hydrogens is 278 g/mol. The Morgan fingerprint density at radius 1 is 1.10 bits per heavy atom. The van der Waals surface area contributed by atoms with Crippen LogP contribution in [0.3, 0.4) is 0 Å². The highest BCUT2D eigenvalue weighted by Crippen LogP contribution is 2.18. The fourth-order valence-corrected chi connectivity index (χ4v) is 2.79. The van der Waals surface area contributed by atoms with Crippen LogP contribution in [-0.4, -0.2) is 28.4 Å². The predicted molar refractivity (Wildman–Crippen MR) is 73.7 cm³/mol. The number of benzene rings is 1. The van der Waals surface area contributed by atoms with Gasteiger partial charge in [-0.05, 0) is 25.1 Å². The molecule has 0 radical (unpaired) electrons. The molecule has 7 nitrogen and oxygen atoms in total. The van der Waals surface area contributed by atoms with Crippen LogP contribution in [0.5, 0.6) is 0 Å². The molecule has 0 fully saturated rings. The minimum atomic E-state index is -3.68. The molecule has 1 aromatic carbocycles. The van der Waals surface area contributed by atoms with Crippen LogP contribution in [0.4, 0.5) is 5.69 Å². The Hall–Kier alpha value is -2.48. The lowest BCUT2D eigenvalue weighted by molar-refractivity contribution is 0.598. The van der Waals surface area contributed by atoms with Crippen molar-refractivity contribution in [2.75, 3.05) is 4.72 Å². The van der Waals surface area contributed by atoms with Gasteiger partial charge in [0.15, 0.2) is 5.03 Å². The second kappa shape index (κ2) is 4.57. The van der Waals surface area contributed by atoms with Crippen molar-refractivity contribution in [3.05, 3.63) is 42.6 Å². The van der Waals surface area contributed by atoms with Crippen molar-refractivity contribution in [1.82, 2.24) is 19.9 Å². The number of aryl methyl sites for hydroxylation is 1. The average molecular weight is 289 g/mol. The van der Waals surface area contributed by atoms with Crippen LogP contribution in [0.2, 0.25) is 0 Å². The van der Waals surface area contributed by atoms with Crippen molar-refractivity contribution in [1.29, 1.82) is 0 Å². The van der Waals surface area contributed by atoms with Crippen LogP contribution in [0, 0.1) is 6.92 Å². The molecule has 2 heterocycles. The molecule has 3 aromatic rings. The van der Waals surface area contributed by atoms with Gasteiger partial charge in [-0.1, -0.05) is 0 Å². The minimum Gasteiger partial charge on any atom is -0.332 e. The molecular formula is C12H11N5O2S. The zero-order valence-electron chi connectivity index (χ0n) is 10.5. The van der Waals surface area contributed by atoms with Crippen molar-refractivity contribution in [3.8, 4) is 0 Å². The van der Waals surface area contributed by atoms with Crippen molar-refractivity contribution in [2.24, 2.45) is 0 Å². The molecule has 0 aliphatic heterocycles. The summed E-state index contributed by atoms with van der Waals surface area (Å²) in [6.45, 7) is 1.69. The first-order valence-corrected chi connectivity index (χ1v) is 7.28. The average Bonchev–Trinajstić information content (AvgIpc) is 2.86. The molecule has 0 amide bonds. The van der Waals surface area contributed by atoms with E-state index in [1.807, 2.05) is 0 Å².